The van der Waals surface area contributed by atoms with Crippen LogP contribution in [0.4, 0.5) is 5.69 Å². The lowest BCUT2D eigenvalue weighted by molar-refractivity contribution is -0.113. The second-order valence-corrected chi connectivity index (χ2v) is 11.1. The van der Waals surface area contributed by atoms with Crippen LogP contribution in [0, 0.1) is 6.92 Å². The lowest BCUT2D eigenvalue weighted by Gasteiger charge is -2.12. The molecule has 3 aromatic heterocycles. The molecule has 0 unspecified atom stereocenters. The lowest BCUT2D eigenvalue weighted by Crippen LogP contribution is -2.33. The van der Waals surface area contributed by atoms with Gasteiger partial charge in [0.25, 0.3) is 17.0 Å². The third-order valence-electron chi connectivity index (χ3n) is 6.59. The van der Waals surface area contributed by atoms with E-state index in [1.165, 1.54) is 20.1 Å². The van der Waals surface area contributed by atoms with Crippen LogP contribution in [-0.2, 0) is 11.8 Å². The van der Waals surface area contributed by atoms with E-state index in [2.05, 4.69) is 4.98 Å². The van der Waals surface area contributed by atoms with Gasteiger partial charge >= 0.3 is 0 Å². The maximum Gasteiger partial charge on any atom is 0.296 e. The SMILES string of the molecule is Cc1c(N2C(=O)/C(=C\c3c(Oc4ccccc4Cl)nc4ccccn4c3=O)SC2=S)c(=O)n(-c2ccccc2)n1C. The third-order valence-corrected chi connectivity index (χ3v) is 8.21. The average molecular weight is 602 g/mol. The van der Waals surface area contributed by atoms with E-state index in [4.69, 9.17) is 28.6 Å². The second-order valence-electron chi connectivity index (χ2n) is 9.02. The molecule has 1 saturated heterocycles. The van der Waals surface area contributed by atoms with Crippen molar-refractivity contribution in [3.05, 3.63) is 121 Å². The fourth-order valence-electron chi connectivity index (χ4n) is 4.52. The number of benzene rings is 2. The van der Waals surface area contributed by atoms with E-state index >= 15 is 0 Å². The van der Waals surface area contributed by atoms with Crippen molar-refractivity contribution in [1.29, 1.82) is 0 Å². The van der Waals surface area contributed by atoms with E-state index in [0.717, 1.165) is 11.8 Å². The lowest BCUT2D eigenvalue weighted by atomic mass is 10.2. The van der Waals surface area contributed by atoms with E-state index in [1.54, 1.807) is 79.4 Å². The summed E-state index contributed by atoms with van der Waals surface area (Å²) in [6.45, 7) is 1.74. The van der Waals surface area contributed by atoms with Gasteiger partial charge in [0.15, 0.2) is 4.32 Å². The molecule has 0 atom stereocenters. The first-order valence-electron chi connectivity index (χ1n) is 12.3. The topological polar surface area (TPSA) is 90.8 Å². The molecule has 2 aromatic carbocycles. The molecule has 1 fully saturated rings. The Bertz CT molecular complexity index is 2030. The summed E-state index contributed by atoms with van der Waals surface area (Å²) in [5, 5.41) is 0.328. The number of hydrogen-bond donors (Lipinski definition) is 0. The molecular weight excluding hydrogens is 582 g/mol. The molecule has 0 spiro atoms. The van der Waals surface area contributed by atoms with E-state index in [0.29, 0.717) is 27.8 Å². The second kappa shape index (κ2) is 10.5. The zero-order valence-corrected chi connectivity index (χ0v) is 24.0. The van der Waals surface area contributed by atoms with Gasteiger partial charge in [-0.2, -0.15) is 4.98 Å². The number of carbonyl (C=O) groups excluding carboxylic acids is 1. The van der Waals surface area contributed by atoms with Gasteiger partial charge in [0.1, 0.15) is 22.6 Å². The highest BCUT2D eigenvalue weighted by Gasteiger charge is 2.38. The average Bonchev–Trinajstić information content (AvgIpc) is 3.36. The molecule has 1 amide bonds. The van der Waals surface area contributed by atoms with Crippen LogP contribution in [0.15, 0.2) is 93.5 Å². The summed E-state index contributed by atoms with van der Waals surface area (Å²) < 4.78 is 10.7. The standard InChI is InChI=1S/C29H20ClN5O4S2/c1-17-24(28(38)35(32(17)2)18-10-4-3-5-11-18)34-27(37)22(41-29(34)40)16-19-25(39-21-13-7-6-12-20(21)30)31-23-14-8-9-15-33(23)26(19)36/h3-16H,1-2H3/b22-16+. The Morgan fingerprint density at radius 2 is 1.66 bits per heavy atom. The summed E-state index contributed by atoms with van der Waals surface area (Å²) in [5.74, 6) is -0.265. The maximum absolute atomic E-state index is 13.8. The van der Waals surface area contributed by atoms with Gasteiger partial charge in [0, 0.05) is 13.2 Å². The number of aromatic nitrogens is 4. The van der Waals surface area contributed by atoms with Gasteiger partial charge in [-0.25, -0.2) is 4.68 Å². The van der Waals surface area contributed by atoms with Crippen molar-refractivity contribution in [2.24, 2.45) is 7.05 Å². The summed E-state index contributed by atoms with van der Waals surface area (Å²) in [7, 11) is 1.74. The number of halogens is 1. The molecule has 1 aliphatic heterocycles. The number of nitrogens with zero attached hydrogens (tertiary/aromatic N) is 5. The monoisotopic (exact) mass is 601 g/mol. The quantitative estimate of drug-likeness (QED) is 0.198. The van der Waals surface area contributed by atoms with Gasteiger partial charge in [-0.05, 0) is 49.4 Å². The number of pyridine rings is 1. The molecule has 1 aliphatic rings. The summed E-state index contributed by atoms with van der Waals surface area (Å²) in [4.78, 5) is 46.9. The first kappa shape index (κ1) is 26.8. The molecular formula is C29H20ClN5O4S2. The van der Waals surface area contributed by atoms with Gasteiger partial charge < -0.3 is 4.74 Å². The predicted molar refractivity (Wildman–Crippen MR) is 164 cm³/mol. The van der Waals surface area contributed by atoms with E-state index in [9.17, 15) is 14.4 Å². The Morgan fingerprint density at radius 1 is 0.951 bits per heavy atom. The molecule has 204 valence electrons. The number of carbonyl (C=O) groups is 1. The van der Waals surface area contributed by atoms with Gasteiger partial charge in [0.05, 0.1) is 21.3 Å². The molecule has 0 bridgehead atoms. The number of anilines is 1. The van der Waals surface area contributed by atoms with Crippen LogP contribution in [-0.4, -0.2) is 29.0 Å². The van der Waals surface area contributed by atoms with Crippen molar-refractivity contribution >= 4 is 63.2 Å². The van der Waals surface area contributed by atoms with Crippen LogP contribution in [0.5, 0.6) is 11.6 Å². The van der Waals surface area contributed by atoms with Crippen LogP contribution in [0.2, 0.25) is 5.02 Å². The largest absolute Gasteiger partial charge is 0.437 e. The Balaban J connectivity index is 1.47. The highest BCUT2D eigenvalue weighted by Crippen LogP contribution is 2.37. The van der Waals surface area contributed by atoms with Crippen LogP contribution in [0.25, 0.3) is 17.4 Å². The number of ether oxygens (including phenoxy) is 1. The number of hydrogen-bond acceptors (Lipinski definition) is 7. The molecule has 0 N–H and O–H groups in total. The summed E-state index contributed by atoms with van der Waals surface area (Å²) in [6, 6.07) is 21.0. The van der Waals surface area contributed by atoms with Gasteiger partial charge in [-0.3, -0.25) is 28.4 Å². The fraction of sp³-hybridized carbons (Fsp3) is 0.0690. The predicted octanol–water partition coefficient (Wildman–Crippen LogP) is 5.34. The van der Waals surface area contributed by atoms with Crippen molar-refractivity contribution in [3.63, 3.8) is 0 Å². The minimum Gasteiger partial charge on any atom is -0.437 e. The third kappa shape index (κ3) is 4.57. The number of amides is 1. The summed E-state index contributed by atoms with van der Waals surface area (Å²) >= 11 is 12.9. The van der Waals surface area contributed by atoms with Crippen LogP contribution in [0.1, 0.15) is 11.3 Å². The molecule has 6 rings (SSSR count). The minimum atomic E-state index is -0.535. The fourth-order valence-corrected chi connectivity index (χ4v) is 5.95. The number of thiocarbonyl (C=S) groups is 1. The molecule has 41 heavy (non-hydrogen) atoms. The van der Waals surface area contributed by atoms with Gasteiger partial charge in [0.2, 0.25) is 5.88 Å². The molecule has 5 aromatic rings. The number of para-hydroxylation sites is 2. The molecule has 0 aliphatic carbocycles. The number of rotatable bonds is 5. The zero-order valence-electron chi connectivity index (χ0n) is 21.6. The van der Waals surface area contributed by atoms with E-state index in [-0.39, 0.29) is 26.4 Å². The number of fused-ring (bicyclic) bond motifs is 1. The van der Waals surface area contributed by atoms with Crippen molar-refractivity contribution in [2.45, 2.75) is 6.92 Å². The Kier molecular flexibility index (Phi) is 6.86. The van der Waals surface area contributed by atoms with E-state index in [1.807, 2.05) is 18.2 Å². The van der Waals surface area contributed by atoms with E-state index < -0.39 is 17.0 Å². The van der Waals surface area contributed by atoms with Gasteiger partial charge in [-0.1, -0.05) is 72.0 Å². The van der Waals surface area contributed by atoms with Crippen LogP contribution < -0.4 is 20.8 Å². The Hall–Kier alpha value is -4.45. The summed E-state index contributed by atoms with van der Waals surface area (Å²) in [5.41, 5.74) is 0.863. The van der Waals surface area contributed by atoms with Crippen molar-refractivity contribution in [2.75, 3.05) is 4.90 Å². The van der Waals surface area contributed by atoms with Crippen molar-refractivity contribution < 1.29 is 9.53 Å². The maximum atomic E-state index is 13.8. The van der Waals surface area contributed by atoms with Crippen LogP contribution in [0.3, 0.4) is 0 Å². The zero-order chi connectivity index (χ0) is 28.8. The summed E-state index contributed by atoms with van der Waals surface area (Å²) in [6.07, 6.45) is 2.97. The number of thioether (sulfide) groups is 1. The first-order valence-corrected chi connectivity index (χ1v) is 13.9. The smallest absolute Gasteiger partial charge is 0.296 e. The molecule has 4 heterocycles. The first-order chi connectivity index (χ1) is 19.8. The molecule has 9 nitrogen and oxygen atoms in total. The highest BCUT2D eigenvalue weighted by atomic mass is 35.5. The normalized spacial score (nSPS) is 14.4. The molecule has 12 heteroatoms. The van der Waals surface area contributed by atoms with Crippen LogP contribution >= 0.6 is 35.6 Å². The highest BCUT2D eigenvalue weighted by molar-refractivity contribution is 8.27. The molecule has 0 saturated carbocycles. The van der Waals surface area contributed by atoms with Gasteiger partial charge in [-0.15, -0.1) is 0 Å². The Labute approximate surface area is 247 Å². The van der Waals surface area contributed by atoms with Crippen molar-refractivity contribution in [3.8, 4) is 17.3 Å². The minimum absolute atomic E-state index is 0.0260. The molecule has 0 radical (unpaired) electrons. The Morgan fingerprint density at radius 3 is 2.41 bits per heavy atom. The van der Waals surface area contributed by atoms with Crippen molar-refractivity contribution in [1.82, 2.24) is 18.7 Å².